The molecule has 1 aliphatic carbocycles. The van der Waals surface area contributed by atoms with E-state index in [1.165, 1.54) is 6.07 Å². The van der Waals surface area contributed by atoms with Crippen LogP contribution >= 0.6 is 0 Å². The van der Waals surface area contributed by atoms with E-state index in [1.807, 2.05) is 36.4 Å². The number of benzene rings is 3. The number of nitrogens with zero attached hydrogens (tertiary/aromatic N) is 1. The Hall–Kier alpha value is -3.69. The summed E-state index contributed by atoms with van der Waals surface area (Å²) >= 11 is 0. The van der Waals surface area contributed by atoms with Crippen LogP contribution in [0, 0.1) is 11.3 Å². The first-order chi connectivity index (χ1) is 12.1. The summed E-state index contributed by atoms with van der Waals surface area (Å²) in [5.41, 5.74) is 2.09. The minimum atomic E-state index is -1.33. The lowest BCUT2D eigenvalue weighted by Crippen LogP contribution is -2.17. The predicted octanol–water partition coefficient (Wildman–Crippen LogP) is 3.09. The summed E-state index contributed by atoms with van der Waals surface area (Å²) in [6.07, 6.45) is 0. The molecule has 0 bridgehead atoms. The minimum absolute atomic E-state index is 0.146. The molecule has 3 aromatic carbocycles. The molecule has 25 heavy (non-hydrogen) atoms. The van der Waals surface area contributed by atoms with Gasteiger partial charge in [0.2, 0.25) is 0 Å². The van der Waals surface area contributed by atoms with Crippen LogP contribution in [0.5, 0.6) is 0 Å². The van der Waals surface area contributed by atoms with Gasteiger partial charge in [0.25, 0.3) is 0 Å². The fourth-order valence-corrected chi connectivity index (χ4v) is 3.52. The van der Waals surface area contributed by atoms with Crippen molar-refractivity contribution in [3.05, 3.63) is 59.2 Å². The molecule has 0 spiro atoms. The zero-order valence-corrected chi connectivity index (χ0v) is 12.7. The predicted molar refractivity (Wildman–Crippen MR) is 89.7 cm³/mol. The molecule has 1 aliphatic rings. The Balaban J connectivity index is 2.27. The number of hydrogen-bond acceptors (Lipinski definition) is 5. The Morgan fingerprint density at radius 3 is 2.28 bits per heavy atom. The number of carbonyl (C=O) groups is 2. The van der Waals surface area contributed by atoms with Gasteiger partial charge in [-0.1, -0.05) is 36.4 Å². The number of hydrogen-bond donors (Lipinski definition) is 2. The molecule has 3 N–H and O–H groups in total. The number of carboxylic acid groups (broad SMARTS) is 1. The van der Waals surface area contributed by atoms with Gasteiger partial charge in [-0.05, 0) is 28.0 Å². The molecule has 0 saturated carbocycles. The third kappa shape index (κ3) is 1.87. The van der Waals surface area contributed by atoms with E-state index in [0.29, 0.717) is 16.7 Å². The second-order valence-corrected chi connectivity index (χ2v) is 5.63. The summed E-state index contributed by atoms with van der Waals surface area (Å²) < 4.78 is 0. The average Bonchev–Trinajstić information content (AvgIpc) is 2.97. The highest BCUT2D eigenvalue weighted by atomic mass is 16.7. The maximum Gasteiger partial charge on any atom is 0.358 e. The smallest absolute Gasteiger partial charge is 0.358 e. The third-order valence-corrected chi connectivity index (χ3v) is 4.43. The quantitative estimate of drug-likeness (QED) is 0.546. The lowest BCUT2D eigenvalue weighted by atomic mass is 9.90. The molecule has 0 aliphatic heterocycles. The molecular weight excluding hydrogens is 320 g/mol. The molecule has 120 valence electrons. The van der Waals surface area contributed by atoms with Gasteiger partial charge < -0.3 is 9.94 Å². The largest absolute Gasteiger partial charge is 0.478 e. The Bertz CT molecular complexity index is 1140. The number of carboxylic acids is 1. The average molecular weight is 330 g/mol. The van der Waals surface area contributed by atoms with E-state index >= 15 is 0 Å². The van der Waals surface area contributed by atoms with Gasteiger partial charge in [0, 0.05) is 11.1 Å². The summed E-state index contributed by atoms with van der Waals surface area (Å²) in [5, 5.41) is 20.9. The van der Waals surface area contributed by atoms with Gasteiger partial charge in [0.15, 0.2) is 0 Å². The highest BCUT2D eigenvalue weighted by Gasteiger charge is 2.33. The van der Waals surface area contributed by atoms with Gasteiger partial charge in [0.1, 0.15) is 0 Å². The van der Waals surface area contributed by atoms with E-state index in [4.69, 9.17) is 5.90 Å². The molecule has 0 amide bonds. The number of nitrogens with two attached hydrogens (primary N) is 1. The molecule has 0 aromatic heterocycles. The van der Waals surface area contributed by atoms with E-state index in [2.05, 4.69) is 4.84 Å². The molecule has 0 atom stereocenters. The Morgan fingerprint density at radius 1 is 1.08 bits per heavy atom. The minimum Gasteiger partial charge on any atom is -0.478 e. The van der Waals surface area contributed by atoms with Gasteiger partial charge in [-0.2, -0.15) is 11.2 Å². The van der Waals surface area contributed by atoms with Crippen molar-refractivity contribution in [2.75, 3.05) is 0 Å². The van der Waals surface area contributed by atoms with Crippen LogP contribution in [0.4, 0.5) is 0 Å². The molecular formula is C19H10N2O4. The lowest BCUT2D eigenvalue weighted by molar-refractivity contribution is 0.0494. The SMILES string of the molecule is N#Cc1cc(C(=O)O)c(C(=O)ON)c2c1-c1cccc3cccc-2c13. The zero-order chi connectivity index (χ0) is 17.7. The Kier molecular flexibility index (Phi) is 3.07. The Labute approximate surface area is 141 Å². The molecule has 0 fully saturated rings. The van der Waals surface area contributed by atoms with Crippen molar-refractivity contribution in [1.29, 1.82) is 5.26 Å². The lowest BCUT2D eigenvalue weighted by Gasteiger charge is -2.13. The number of aromatic carboxylic acids is 1. The van der Waals surface area contributed by atoms with Gasteiger partial charge in [-0.3, -0.25) is 0 Å². The summed E-state index contributed by atoms with van der Waals surface area (Å²) in [5.74, 6) is 2.75. The molecule has 0 unspecified atom stereocenters. The Morgan fingerprint density at radius 2 is 1.72 bits per heavy atom. The fourth-order valence-electron chi connectivity index (χ4n) is 3.52. The fraction of sp³-hybridized carbons (Fsp3) is 0. The number of carbonyl (C=O) groups excluding carboxylic acids is 1. The van der Waals surface area contributed by atoms with Gasteiger partial charge in [-0.25, -0.2) is 9.59 Å². The maximum atomic E-state index is 12.3. The first-order valence-electron chi connectivity index (χ1n) is 7.36. The van der Waals surface area contributed by atoms with Crippen LogP contribution in [0.15, 0.2) is 42.5 Å². The van der Waals surface area contributed by atoms with E-state index in [1.54, 1.807) is 6.07 Å². The van der Waals surface area contributed by atoms with Crippen LogP contribution in [0.2, 0.25) is 0 Å². The van der Waals surface area contributed by atoms with Crippen LogP contribution < -0.4 is 5.90 Å². The number of rotatable bonds is 2. The number of nitriles is 1. The van der Waals surface area contributed by atoms with Crippen molar-refractivity contribution in [2.45, 2.75) is 0 Å². The molecule has 6 nitrogen and oxygen atoms in total. The van der Waals surface area contributed by atoms with Crippen molar-refractivity contribution in [3.8, 4) is 28.3 Å². The summed E-state index contributed by atoms with van der Waals surface area (Å²) in [4.78, 5) is 28.3. The van der Waals surface area contributed by atoms with E-state index in [9.17, 15) is 20.0 Å². The molecule has 4 rings (SSSR count). The van der Waals surface area contributed by atoms with Crippen LogP contribution in [-0.4, -0.2) is 17.0 Å². The second kappa shape index (κ2) is 5.16. The monoisotopic (exact) mass is 330 g/mol. The van der Waals surface area contributed by atoms with Crippen molar-refractivity contribution >= 4 is 22.7 Å². The van der Waals surface area contributed by atoms with Crippen molar-refractivity contribution in [3.63, 3.8) is 0 Å². The number of fused-ring (bicyclic) bond motifs is 3. The molecule has 3 aromatic rings. The molecule has 0 saturated heterocycles. The summed E-state index contributed by atoms with van der Waals surface area (Å²) in [6, 6.07) is 14.4. The van der Waals surface area contributed by atoms with Gasteiger partial charge in [-0.15, -0.1) is 0 Å². The van der Waals surface area contributed by atoms with Gasteiger partial charge in [0.05, 0.1) is 22.8 Å². The van der Waals surface area contributed by atoms with Crippen molar-refractivity contribution in [2.24, 2.45) is 5.90 Å². The van der Waals surface area contributed by atoms with E-state index in [-0.39, 0.29) is 16.7 Å². The summed E-state index contributed by atoms with van der Waals surface area (Å²) in [7, 11) is 0. The first-order valence-corrected chi connectivity index (χ1v) is 7.36. The van der Waals surface area contributed by atoms with Crippen LogP contribution in [0.3, 0.4) is 0 Å². The summed E-state index contributed by atoms with van der Waals surface area (Å²) in [6.45, 7) is 0. The standard InChI is InChI=1S/C19H10N2O4/c20-8-10-7-13(18(22)23)17(19(24)25-21)16-12-6-2-4-9-3-1-5-11(14(9)12)15(10)16/h1-7H,21H2,(H,22,23). The van der Waals surface area contributed by atoms with Gasteiger partial charge >= 0.3 is 11.9 Å². The van der Waals surface area contributed by atoms with Crippen LogP contribution in [-0.2, 0) is 4.84 Å². The maximum absolute atomic E-state index is 12.3. The molecule has 6 heteroatoms. The topological polar surface area (TPSA) is 113 Å². The van der Waals surface area contributed by atoms with Crippen molar-refractivity contribution < 1.29 is 19.5 Å². The van der Waals surface area contributed by atoms with Crippen LogP contribution in [0.1, 0.15) is 26.3 Å². The highest BCUT2D eigenvalue weighted by molar-refractivity contribution is 6.22. The van der Waals surface area contributed by atoms with Crippen LogP contribution in [0.25, 0.3) is 33.0 Å². The molecule has 0 radical (unpaired) electrons. The zero-order valence-electron chi connectivity index (χ0n) is 12.7. The van der Waals surface area contributed by atoms with E-state index < -0.39 is 11.9 Å². The highest BCUT2D eigenvalue weighted by Crippen LogP contribution is 2.50. The third-order valence-electron chi connectivity index (χ3n) is 4.43. The first kappa shape index (κ1) is 14.9. The normalized spacial score (nSPS) is 11.0. The second-order valence-electron chi connectivity index (χ2n) is 5.63. The molecule has 0 heterocycles. The van der Waals surface area contributed by atoms with E-state index in [0.717, 1.165) is 16.3 Å². The van der Waals surface area contributed by atoms with Crippen molar-refractivity contribution in [1.82, 2.24) is 0 Å².